The number of aryl methyl sites for hydroxylation is 1. The van der Waals surface area contributed by atoms with Crippen molar-refractivity contribution < 1.29 is 0 Å². The summed E-state index contributed by atoms with van der Waals surface area (Å²) in [5, 5.41) is 3.39. The van der Waals surface area contributed by atoms with E-state index in [2.05, 4.69) is 46.1 Å². The molecule has 1 nitrogen and oxygen atoms in total. The fourth-order valence-corrected chi connectivity index (χ4v) is 2.00. The zero-order chi connectivity index (χ0) is 7.68. The van der Waals surface area contributed by atoms with Crippen molar-refractivity contribution in [2.24, 2.45) is 0 Å². The molecule has 0 aliphatic carbocycles. The van der Waals surface area contributed by atoms with Gasteiger partial charge in [-0.05, 0) is 59.2 Å². The van der Waals surface area contributed by atoms with E-state index in [4.69, 9.17) is 0 Å². The van der Waals surface area contributed by atoms with Crippen LogP contribution in [0, 0.1) is 3.57 Å². The van der Waals surface area contributed by atoms with Crippen molar-refractivity contribution in [3.05, 3.63) is 27.3 Å². The highest BCUT2D eigenvalue weighted by Crippen LogP contribution is 2.23. The third-order valence-electron chi connectivity index (χ3n) is 2.01. The maximum atomic E-state index is 3.39. The molecule has 1 aliphatic rings. The second-order valence-electron chi connectivity index (χ2n) is 2.83. The van der Waals surface area contributed by atoms with Crippen molar-refractivity contribution in [3.8, 4) is 0 Å². The summed E-state index contributed by atoms with van der Waals surface area (Å²) in [6, 6.07) is 6.59. The summed E-state index contributed by atoms with van der Waals surface area (Å²) in [6.45, 7) is 1.13. The van der Waals surface area contributed by atoms with Gasteiger partial charge in [0.1, 0.15) is 0 Å². The van der Waals surface area contributed by atoms with Crippen molar-refractivity contribution in [1.29, 1.82) is 0 Å². The van der Waals surface area contributed by atoms with E-state index in [-0.39, 0.29) is 0 Å². The van der Waals surface area contributed by atoms with E-state index < -0.39 is 0 Å². The van der Waals surface area contributed by atoms with Gasteiger partial charge in [0.15, 0.2) is 0 Å². The molecular weight excluding hydrogens is 249 g/mol. The van der Waals surface area contributed by atoms with Crippen LogP contribution in [0.3, 0.4) is 0 Å². The molecule has 0 amide bonds. The first kappa shape index (κ1) is 7.40. The molecule has 0 aromatic heterocycles. The van der Waals surface area contributed by atoms with E-state index in [0.29, 0.717) is 0 Å². The third-order valence-corrected chi connectivity index (χ3v) is 2.68. The minimum atomic E-state index is 1.13. The van der Waals surface area contributed by atoms with Crippen LogP contribution in [-0.4, -0.2) is 6.54 Å². The van der Waals surface area contributed by atoms with E-state index in [1.165, 1.54) is 27.7 Å². The summed E-state index contributed by atoms with van der Waals surface area (Å²) in [5.74, 6) is 0. The minimum Gasteiger partial charge on any atom is -0.385 e. The van der Waals surface area contributed by atoms with Gasteiger partial charge in [-0.2, -0.15) is 0 Å². The largest absolute Gasteiger partial charge is 0.385 e. The molecule has 0 saturated heterocycles. The zero-order valence-electron chi connectivity index (χ0n) is 6.23. The van der Waals surface area contributed by atoms with Gasteiger partial charge in [0.05, 0.1) is 0 Å². The molecule has 0 bridgehead atoms. The van der Waals surface area contributed by atoms with Gasteiger partial charge in [-0.1, -0.05) is 0 Å². The van der Waals surface area contributed by atoms with Gasteiger partial charge in [-0.3, -0.25) is 0 Å². The smallest absolute Gasteiger partial charge is 0.0373 e. The average Bonchev–Trinajstić information content (AvgIpc) is 2.04. The molecule has 58 valence electrons. The zero-order valence-corrected chi connectivity index (χ0v) is 8.39. The Morgan fingerprint density at radius 1 is 1.36 bits per heavy atom. The average molecular weight is 259 g/mol. The Balaban J connectivity index is 2.43. The lowest BCUT2D eigenvalue weighted by atomic mass is 10.0. The summed E-state index contributed by atoms with van der Waals surface area (Å²) >= 11 is 2.36. The first-order valence-corrected chi connectivity index (χ1v) is 4.96. The van der Waals surface area contributed by atoms with Crippen LogP contribution in [0.1, 0.15) is 12.0 Å². The van der Waals surface area contributed by atoms with Crippen LogP contribution >= 0.6 is 22.6 Å². The van der Waals surface area contributed by atoms with Crippen LogP contribution < -0.4 is 5.32 Å². The molecule has 11 heavy (non-hydrogen) atoms. The highest BCUT2D eigenvalue weighted by atomic mass is 127. The minimum absolute atomic E-state index is 1.13. The SMILES string of the molecule is Ic1ccc2c(c1)CCCN2. The van der Waals surface area contributed by atoms with Crippen LogP contribution in [-0.2, 0) is 6.42 Å². The van der Waals surface area contributed by atoms with Gasteiger partial charge in [0.25, 0.3) is 0 Å². The van der Waals surface area contributed by atoms with Gasteiger partial charge >= 0.3 is 0 Å². The van der Waals surface area contributed by atoms with Crippen molar-refractivity contribution in [3.63, 3.8) is 0 Å². The molecule has 0 atom stereocenters. The van der Waals surface area contributed by atoms with Crippen LogP contribution in [0.4, 0.5) is 5.69 Å². The lowest BCUT2D eigenvalue weighted by Gasteiger charge is -2.17. The molecule has 0 spiro atoms. The summed E-state index contributed by atoms with van der Waals surface area (Å²) in [6.07, 6.45) is 2.51. The summed E-state index contributed by atoms with van der Waals surface area (Å²) < 4.78 is 1.34. The number of fused-ring (bicyclic) bond motifs is 1. The standard InChI is InChI=1S/C9H10IN/c10-8-3-4-9-7(6-8)2-1-5-11-9/h3-4,6,11H,1-2,5H2. The van der Waals surface area contributed by atoms with E-state index >= 15 is 0 Å². The second-order valence-corrected chi connectivity index (χ2v) is 4.08. The van der Waals surface area contributed by atoms with E-state index in [9.17, 15) is 0 Å². The van der Waals surface area contributed by atoms with Gasteiger partial charge in [0.2, 0.25) is 0 Å². The van der Waals surface area contributed by atoms with Crippen molar-refractivity contribution in [2.75, 3.05) is 11.9 Å². The predicted molar refractivity (Wildman–Crippen MR) is 56.0 cm³/mol. The number of halogens is 1. The van der Waals surface area contributed by atoms with Crippen molar-refractivity contribution in [2.45, 2.75) is 12.8 Å². The van der Waals surface area contributed by atoms with E-state index in [1.807, 2.05) is 0 Å². The van der Waals surface area contributed by atoms with Crippen LogP contribution in [0.5, 0.6) is 0 Å². The quantitative estimate of drug-likeness (QED) is 0.706. The van der Waals surface area contributed by atoms with Crippen molar-refractivity contribution in [1.82, 2.24) is 0 Å². The molecule has 1 heterocycles. The first-order valence-electron chi connectivity index (χ1n) is 3.88. The highest BCUT2D eigenvalue weighted by molar-refractivity contribution is 14.1. The van der Waals surface area contributed by atoms with Gasteiger partial charge in [-0.15, -0.1) is 0 Å². The highest BCUT2D eigenvalue weighted by Gasteiger charge is 2.06. The van der Waals surface area contributed by atoms with Crippen LogP contribution in [0.15, 0.2) is 18.2 Å². The lowest BCUT2D eigenvalue weighted by molar-refractivity contribution is 0.829. The second kappa shape index (κ2) is 3.01. The van der Waals surface area contributed by atoms with E-state index in [1.54, 1.807) is 0 Å². The van der Waals surface area contributed by atoms with Crippen molar-refractivity contribution >= 4 is 28.3 Å². The topological polar surface area (TPSA) is 12.0 Å². The third kappa shape index (κ3) is 1.50. The Hall–Kier alpha value is -0.250. The molecule has 2 heteroatoms. The van der Waals surface area contributed by atoms with Gasteiger partial charge < -0.3 is 5.32 Å². The maximum Gasteiger partial charge on any atom is 0.0373 e. The van der Waals surface area contributed by atoms with Crippen LogP contribution in [0.2, 0.25) is 0 Å². The summed E-state index contributed by atoms with van der Waals surface area (Å²) in [7, 11) is 0. The number of hydrogen-bond acceptors (Lipinski definition) is 1. The molecule has 0 saturated carbocycles. The number of nitrogens with one attached hydrogen (secondary N) is 1. The number of anilines is 1. The summed E-state index contributed by atoms with van der Waals surface area (Å²) in [4.78, 5) is 0. The van der Waals surface area contributed by atoms with Crippen LogP contribution in [0.25, 0.3) is 0 Å². The number of hydrogen-bond donors (Lipinski definition) is 1. The first-order chi connectivity index (χ1) is 5.36. The molecule has 0 unspecified atom stereocenters. The Morgan fingerprint density at radius 2 is 2.27 bits per heavy atom. The summed E-state index contributed by atoms with van der Waals surface area (Å²) in [5.41, 5.74) is 2.81. The molecular formula is C9H10IN. The lowest BCUT2D eigenvalue weighted by Crippen LogP contribution is -2.11. The monoisotopic (exact) mass is 259 g/mol. The normalized spacial score (nSPS) is 15.4. The Kier molecular flexibility index (Phi) is 2.02. The van der Waals surface area contributed by atoms with Gasteiger partial charge in [0, 0.05) is 15.8 Å². The van der Waals surface area contributed by atoms with Gasteiger partial charge in [-0.25, -0.2) is 0 Å². The molecule has 2 rings (SSSR count). The Morgan fingerprint density at radius 3 is 3.18 bits per heavy atom. The maximum absolute atomic E-state index is 3.39. The fraction of sp³-hybridized carbons (Fsp3) is 0.333. The predicted octanol–water partition coefficient (Wildman–Crippen LogP) is 2.65. The van der Waals surface area contributed by atoms with E-state index in [0.717, 1.165) is 6.54 Å². The fourth-order valence-electron chi connectivity index (χ4n) is 1.44. The Labute approximate surface area is 80.3 Å². The molecule has 1 aliphatic heterocycles. The number of rotatable bonds is 0. The number of benzene rings is 1. The molecule has 1 aromatic carbocycles. The molecule has 0 radical (unpaired) electrons. The molecule has 0 fully saturated rings. The molecule has 1 N–H and O–H groups in total. The molecule has 1 aromatic rings. The Bertz CT molecular complexity index is 270.